The summed E-state index contributed by atoms with van der Waals surface area (Å²) in [5.74, 6) is 0.713. The van der Waals surface area contributed by atoms with Crippen molar-refractivity contribution in [2.75, 3.05) is 6.54 Å². The van der Waals surface area contributed by atoms with Crippen LogP contribution in [0, 0.1) is 11.3 Å². The maximum absolute atomic E-state index is 2.62. The summed E-state index contributed by atoms with van der Waals surface area (Å²) in [6.07, 6.45) is 4.78. The SMILES string of the molecule is CC(C)[C@@H]1C=CC(C)(C)CN1C(C)C. The standard InChI is InChI=1S/C13H25N/c1-10(2)12-7-8-13(5,6)9-14(12)11(3)4/h7-8,10-12H,9H2,1-6H3/t12-/m0/s1. The molecule has 0 bridgehead atoms. The fourth-order valence-electron chi connectivity index (χ4n) is 2.23. The highest BCUT2D eigenvalue weighted by Crippen LogP contribution is 2.29. The average molecular weight is 195 g/mol. The first-order chi connectivity index (χ1) is 6.33. The Bertz CT molecular complexity index is 213. The summed E-state index contributed by atoms with van der Waals surface area (Å²) in [4.78, 5) is 2.62. The monoisotopic (exact) mass is 195 g/mol. The van der Waals surface area contributed by atoms with Crippen molar-refractivity contribution in [3.63, 3.8) is 0 Å². The summed E-state index contributed by atoms with van der Waals surface area (Å²) < 4.78 is 0. The van der Waals surface area contributed by atoms with E-state index in [2.05, 4.69) is 58.6 Å². The zero-order valence-corrected chi connectivity index (χ0v) is 10.5. The molecule has 0 aromatic heterocycles. The molecule has 1 heterocycles. The maximum atomic E-state index is 2.62. The Hall–Kier alpha value is -0.300. The molecule has 0 unspecified atom stereocenters. The van der Waals surface area contributed by atoms with E-state index in [1.165, 1.54) is 6.54 Å². The zero-order valence-electron chi connectivity index (χ0n) is 10.5. The van der Waals surface area contributed by atoms with Crippen molar-refractivity contribution in [1.82, 2.24) is 4.90 Å². The van der Waals surface area contributed by atoms with Crippen LogP contribution in [0.25, 0.3) is 0 Å². The van der Waals surface area contributed by atoms with Crippen LogP contribution >= 0.6 is 0 Å². The molecule has 0 aliphatic carbocycles. The molecular weight excluding hydrogens is 170 g/mol. The van der Waals surface area contributed by atoms with Gasteiger partial charge in [0, 0.05) is 18.6 Å². The lowest BCUT2D eigenvalue weighted by molar-refractivity contribution is 0.0983. The highest BCUT2D eigenvalue weighted by molar-refractivity contribution is 5.09. The van der Waals surface area contributed by atoms with Gasteiger partial charge >= 0.3 is 0 Å². The van der Waals surface area contributed by atoms with Gasteiger partial charge < -0.3 is 0 Å². The molecule has 0 aromatic rings. The fourth-order valence-corrected chi connectivity index (χ4v) is 2.23. The third-order valence-corrected chi connectivity index (χ3v) is 3.06. The van der Waals surface area contributed by atoms with Crippen LogP contribution in [0.5, 0.6) is 0 Å². The molecule has 1 aliphatic heterocycles. The van der Waals surface area contributed by atoms with E-state index in [4.69, 9.17) is 0 Å². The largest absolute Gasteiger partial charge is 0.293 e. The minimum atomic E-state index is 0.343. The van der Waals surface area contributed by atoms with Crippen LogP contribution in [0.4, 0.5) is 0 Å². The Morgan fingerprint density at radius 3 is 2.21 bits per heavy atom. The first kappa shape index (κ1) is 11.8. The Labute approximate surface area is 89.2 Å². The molecule has 0 amide bonds. The summed E-state index contributed by atoms with van der Waals surface area (Å²) in [6, 6.07) is 1.27. The summed E-state index contributed by atoms with van der Waals surface area (Å²) >= 11 is 0. The quantitative estimate of drug-likeness (QED) is 0.611. The van der Waals surface area contributed by atoms with Gasteiger partial charge in [-0.1, -0.05) is 39.8 Å². The van der Waals surface area contributed by atoms with Crippen molar-refractivity contribution in [1.29, 1.82) is 0 Å². The molecule has 0 saturated heterocycles. The normalized spacial score (nSPS) is 27.6. The zero-order chi connectivity index (χ0) is 10.9. The molecule has 1 nitrogen and oxygen atoms in total. The Morgan fingerprint density at radius 1 is 1.21 bits per heavy atom. The molecule has 14 heavy (non-hydrogen) atoms. The first-order valence-electron chi connectivity index (χ1n) is 5.78. The minimum Gasteiger partial charge on any atom is -0.293 e. The molecule has 1 atom stereocenters. The van der Waals surface area contributed by atoms with E-state index in [9.17, 15) is 0 Å². The second-order valence-corrected chi connectivity index (χ2v) is 5.85. The van der Waals surface area contributed by atoms with E-state index < -0.39 is 0 Å². The molecule has 0 aromatic carbocycles. The van der Waals surface area contributed by atoms with E-state index in [1.807, 2.05) is 0 Å². The van der Waals surface area contributed by atoms with E-state index in [0.717, 1.165) is 0 Å². The van der Waals surface area contributed by atoms with Crippen molar-refractivity contribution in [2.45, 2.75) is 53.6 Å². The smallest absolute Gasteiger partial charge is 0.0304 e. The van der Waals surface area contributed by atoms with Gasteiger partial charge in [-0.05, 0) is 25.2 Å². The van der Waals surface area contributed by atoms with Crippen molar-refractivity contribution < 1.29 is 0 Å². The third-order valence-electron chi connectivity index (χ3n) is 3.06. The van der Waals surface area contributed by atoms with Crippen LogP contribution in [-0.2, 0) is 0 Å². The van der Waals surface area contributed by atoms with E-state index in [0.29, 0.717) is 23.4 Å². The van der Waals surface area contributed by atoms with Gasteiger partial charge in [-0.2, -0.15) is 0 Å². The molecule has 0 fully saturated rings. The van der Waals surface area contributed by atoms with Crippen LogP contribution in [-0.4, -0.2) is 23.5 Å². The predicted octanol–water partition coefficient (Wildman–Crippen LogP) is 3.32. The number of hydrogen-bond acceptors (Lipinski definition) is 1. The van der Waals surface area contributed by atoms with Gasteiger partial charge in [0.25, 0.3) is 0 Å². The molecule has 0 spiro atoms. The van der Waals surface area contributed by atoms with Crippen LogP contribution in [0.15, 0.2) is 12.2 Å². The van der Waals surface area contributed by atoms with Crippen molar-refractivity contribution in [3.05, 3.63) is 12.2 Å². The first-order valence-corrected chi connectivity index (χ1v) is 5.78. The lowest BCUT2D eigenvalue weighted by Crippen LogP contribution is -2.49. The summed E-state index contributed by atoms with van der Waals surface area (Å²) in [6.45, 7) is 15.0. The molecular formula is C13H25N. The van der Waals surface area contributed by atoms with Gasteiger partial charge in [0.2, 0.25) is 0 Å². The highest BCUT2D eigenvalue weighted by Gasteiger charge is 2.31. The average Bonchev–Trinajstić information content (AvgIpc) is 2.01. The number of nitrogens with zero attached hydrogens (tertiary/aromatic N) is 1. The van der Waals surface area contributed by atoms with Crippen LogP contribution in [0.2, 0.25) is 0 Å². The van der Waals surface area contributed by atoms with E-state index in [1.54, 1.807) is 0 Å². The van der Waals surface area contributed by atoms with Gasteiger partial charge in [-0.25, -0.2) is 0 Å². The summed E-state index contributed by atoms with van der Waals surface area (Å²) in [7, 11) is 0. The second-order valence-electron chi connectivity index (χ2n) is 5.85. The Kier molecular flexibility index (Phi) is 3.41. The molecule has 1 heteroatoms. The molecule has 0 saturated carbocycles. The van der Waals surface area contributed by atoms with Gasteiger partial charge in [0.05, 0.1) is 0 Å². The van der Waals surface area contributed by atoms with E-state index in [-0.39, 0.29) is 0 Å². The molecule has 1 aliphatic rings. The lowest BCUT2D eigenvalue weighted by atomic mass is 9.84. The molecule has 1 rings (SSSR count). The second kappa shape index (κ2) is 4.06. The summed E-state index contributed by atoms with van der Waals surface area (Å²) in [5.41, 5.74) is 0.343. The van der Waals surface area contributed by atoms with Gasteiger partial charge in [0.1, 0.15) is 0 Å². The van der Waals surface area contributed by atoms with Crippen molar-refractivity contribution in [2.24, 2.45) is 11.3 Å². The molecule has 0 N–H and O–H groups in total. The van der Waals surface area contributed by atoms with Crippen molar-refractivity contribution >= 4 is 0 Å². The maximum Gasteiger partial charge on any atom is 0.0304 e. The van der Waals surface area contributed by atoms with Crippen LogP contribution in [0.1, 0.15) is 41.5 Å². The Balaban J connectivity index is 2.85. The topological polar surface area (TPSA) is 3.24 Å². The van der Waals surface area contributed by atoms with Gasteiger partial charge in [-0.15, -0.1) is 0 Å². The molecule has 0 radical (unpaired) electrons. The van der Waals surface area contributed by atoms with E-state index >= 15 is 0 Å². The highest BCUT2D eigenvalue weighted by atomic mass is 15.2. The Morgan fingerprint density at radius 2 is 1.79 bits per heavy atom. The van der Waals surface area contributed by atoms with Crippen LogP contribution in [0.3, 0.4) is 0 Å². The van der Waals surface area contributed by atoms with Gasteiger partial charge in [0.15, 0.2) is 0 Å². The minimum absolute atomic E-state index is 0.343. The summed E-state index contributed by atoms with van der Waals surface area (Å²) in [5, 5.41) is 0. The fraction of sp³-hybridized carbons (Fsp3) is 0.846. The van der Waals surface area contributed by atoms with Crippen molar-refractivity contribution in [3.8, 4) is 0 Å². The van der Waals surface area contributed by atoms with Crippen LogP contribution < -0.4 is 0 Å². The van der Waals surface area contributed by atoms with Gasteiger partial charge in [-0.3, -0.25) is 4.90 Å². The third kappa shape index (κ3) is 2.60. The number of rotatable bonds is 2. The molecule has 82 valence electrons. The number of hydrogen-bond donors (Lipinski definition) is 0. The lowest BCUT2D eigenvalue weighted by Gasteiger charge is -2.43. The predicted molar refractivity (Wildman–Crippen MR) is 63.4 cm³/mol.